The normalized spacial score (nSPS) is 17.3. The zero-order chi connectivity index (χ0) is 29.9. The highest BCUT2D eigenvalue weighted by atomic mass is 31.2. The predicted octanol–water partition coefficient (Wildman–Crippen LogP) is 3.17. The molecular formula is C34H32NO6P. The minimum absolute atomic E-state index is 0.102. The van der Waals surface area contributed by atoms with Crippen LogP contribution >= 0.6 is 6.89 Å². The van der Waals surface area contributed by atoms with Crippen LogP contribution in [0.15, 0.2) is 115 Å². The Kier molecular flexibility index (Phi) is 8.55. The standard InChI is InChI=1S/C34H32NO6P/c1-23(37)31-29(21-30(38)25-13-11-12-24(20-25)22-36)35(32(31)39)33(34(40)41)42(26-14-5-2-6-15-26,27-16-7-3-8-17-27)28-18-9-4-10-19-28/h2-20,23,29,31,36-37H,21-22H2,1H3,(H,40,41)/t23-,29-,31-/m1/s1. The largest absolute Gasteiger partial charge is 0.477 e. The number of aliphatic carboxylic acids is 1. The first-order valence-electron chi connectivity index (χ1n) is 13.7. The number of carboxylic acid groups (broad SMARTS) is 1. The number of Topliss-reactive ketones (excluding diaryl/α,β-unsaturated/α-hetero) is 1. The van der Waals surface area contributed by atoms with Crippen LogP contribution in [0.4, 0.5) is 0 Å². The average Bonchev–Trinajstić information content (AvgIpc) is 3.02. The maximum Gasteiger partial charge on any atom is 0.353 e. The second-order valence-electron chi connectivity index (χ2n) is 10.3. The number of β-lactam (4-membered cyclic amide) rings is 1. The van der Waals surface area contributed by atoms with Gasteiger partial charge < -0.3 is 20.2 Å². The van der Waals surface area contributed by atoms with Crippen molar-refractivity contribution < 1.29 is 29.7 Å². The quantitative estimate of drug-likeness (QED) is 0.151. The lowest BCUT2D eigenvalue weighted by molar-refractivity contribution is -0.156. The maximum atomic E-state index is 13.9. The van der Waals surface area contributed by atoms with Gasteiger partial charge in [0.15, 0.2) is 5.78 Å². The zero-order valence-electron chi connectivity index (χ0n) is 23.1. The van der Waals surface area contributed by atoms with Gasteiger partial charge in [0.1, 0.15) is 5.42 Å². The molecule has 4 aromatic rings. The Morgan fingerprint density at radius 3 is 1.74 bits per heavy atom. The molecule has 0 bridgehead atoms. The Hall–Kier alpha value is -4.29. The summed E-state index contributed by atoms with van der Waals surface area (Å²) in [4.78, 5) is 42.2. The van der Waals surface area contributed by atoms with Crippen molar-refractivity contribution in [3.8, 4) is 0 Å². The lowest BCUT2D eigenvalue weighted by Gasteiger charge is -2.50. The lowest BCUT2D eigenvalue weighted by atomic mass is 9.79. The number of aliphatic hydroxyl groups is 2. The van der Waals surface area contributed by atoms with Crippen LogP contribution in [0.1, 0.15) is 29.3 Å². The van der Waals surface area contributed by atoms with Crippen molar-refractivity contribution in [2.75, 3.05) is 0 Å². The van der Waals surface area contributed by atoms with Crippen molar-refractivity contribution >= 4 is 45.9 Å². The molecular weight excluding hydrogens is 549 g/mol. The molecule has 0 radical (unpaired) electrons. The van der Waals surface area contributed by atoms with E-state index in [4.69, 9.17) is 0 Å². The molecule has 1 amide bonds. The third kappa shape index (κ3) is 5.12. The third-order valence-electron chi connectivity index (χ3n) is 7.78. The van der Waals surface area contributed by atoms with Gasteiger partial charge in [-0.1, -0.05) is 109 Å². The smallest absolute Gasteiger partial charge is 0.353 e. The summed E-state index contributed by atoms with van der Waals surface area (Å²) in [6.07, 6.45) is -1.28. The number of benzene rings is 4. The number of rotatable bonds is 10. The highest BCUT2D eigenvalue weighted by molar-refractivity contribution is 7.96. The molecule has 1 aliphatic heterocycles. The van der Waals surface area contributed by atoms with E-state index in [1.807, 2.05) is 91.0 Å². The number of carbonyl (C=O) groups excluding carboxylic acids is 2. The van der Waals surface area contributed by atoms with E-state index in [-0.39, 0.29) is 24.2 Å². The van der Waals surface area contributed by atoms with Gasteiger partial charge in [-0.3, -0.25) is 9.59 Å². The Morgan fingerprint density at radius 2 is 1.31 bits per heavy atom. The summed E-state index contributed by atoms with van der Waals surface area (Å²) in [5.41, 5.74) is 0.807. The van der Waals surface area contributed by atoms with E-state index < -0.39 is 36.8 Å². The second-order valence-corrected chi connectivity index (χ2v) is 13.6. The van der Waals surface area contributed by atoms with E-state index in [1.54, 1.807) is 24.3 Å². The van der Waals surface area contributed by atoms with E-state index in [1.165, 1.54) is 11.8 Å². The van der Waals surface area contributed by atoms with Crippen LogP contribution in [0, 0.1) is 5.92 Å². The fourth-order valence-corrected chi connectivity index (χ4v) is 10.2. The summed E-state index contributed by atoms with van der Waals surface area (Å²) in [5.74, 6) is -3.06. The monoisotopic (exact) mass is 581 g/mol. The Morgan fingerprint density at radius 1 is 0.810 bits per heavy atom. The topological polar surface area (TPSA) is 115 Å². The Labute approximate surface area is 244 Å². The van der Waals surface area contributed by atoms with Crippen molar-refractivity contribution in [2.45, 2.75) is 32.1 Å². The van der Waals surface area contributed by atoms with Crippen molar-refractivity contribution in [1.29, 1.82) is 0 Å². The van der Waals surface area contributed by atoms with Crippen molar-refractivity contribution in [2.24, 2.45) is 5.92 Å². The molecule has 0 aliphatic carbocycles. The summed E-state index contributed by atoms with van der Waals surface area (Å²) >= 11 is 0. The number of carbonyl (C=O) groups is 3. The van der Waals surface area contributed by atoms with Gasteiger partial charge in [0.2, 0.25) is 5.91 Å². The van der Waals surface area contributed by atoms with Crippen LogP contribution in [0.25, 0.3) is 0 Å². The third-order valence-corrected chi connectivity index (χ3v) is 12.0. The highest BCUT2D eigenvalue weighted by Gasteiger charge is 2.55. The molecule has 1 saturated heterocycles. The number of hydrogen-bond donors (Lipinski definition) is 3. The number of nitrogens with zero attached hydrogens (tertiary/aromatic N) is 1. The molecule has 1 aliphatic rings. The van der Waals surface area contributed by atoms with Gasteiger partial charge in [-0.05, 0) is 34.5 Å². The summed E-state index contributed by atoms with van der Waals surface area (Å²) in [6, 6.07) is 33.6. The van der Waals surface area contributed by atoms with Gasteiger partial charge in [0, 0.05) is 18.9 Å². The molecule has 3 N–H and O–H groups in total. The van der Waals surface area contributed by atoms with Crippen LogP contribution in [0.3, 0.4) is 0 Å². The molecule has 7 nitrogen and oxygen atoms in total. The van der Waals surface area contributed by atoms with Crippen LogP contribution in [0.5, 0.6) is 0 Å². The maximum absolute atomic E-state index is 13.9. The molecule has 0 aromatic heterocycles. The molecule has 8 heteroatoms. The molecule has 3 atom stereocenters. The Bertz CT molecular complexity index is 1550. The number of amides is 1. The molecule has 0 saturated carbocycles. The Balaban J connectivity index is 1.80. The van der Waals surface area contributed by atoms with E-state index in [9.17, 15) is 29.7 Å². The van der Waals surface area contributed by atoms with Crippen LogP contribution in [-0.2, 0) is 16.2 Å². The summed E-state index contributed by atoms with van der Waals surface area (Å²) in [6.45, 7) is -1.96. The van der Waals surface area contributed by atoms with Crippen LogP contribution in [0.2, 0.25) is 0 Å². The first kappa shape index (κ1) is 29.2. The zero-order valence-corrected chi connectivity index (χ0v) is 24.0. The van der Waals surface area contributed by atoms with Gasteiger partial charge in [0.05, 0.1) is 24.7 Å². The molecule has 42 heavy (non-hydrogen) atoms. The SMILES string of the molecule is C[C@@H](O)[C@H]1C(=O)N(C(C(=O)O)=P(c2ccccc2)(c2ccccc2)c2ccccc2)[C@@H]1CC(=O)c1cccc(CO)c1. The number of ketones is 1. The van der Waals surface area contributed by atoms with Gasteiger partial charge in [-0.2, -0.15) is 0 Å². The minimum Gasteiger partial charge on any atom is -0.477 e. The minimum atomic E-state index is -3.20. The summed E-state index contributed by atoms with van der Waals surface area (Å²) < 4.78 is 0. The first-order chi connectivity index (χ1) is 20.3. The number of aliphatic hydroxyl groups excluding tert-OH is 2. The van der Waals surface area contributed by atoms with Crippen LogP contribution < -0.4 is 15.9 Å². The van der Waals surface area contributed by atoms with Crippen molar-refractivity contribution in [1.82, 2.24) is 4.90 Å². The molecule has 1 fully saturated rings. The average molecular weight is 582 g/mol. The van der Waals surface area contributed by atoms with E-state index >= 15 is 0 Å². The second kappa shape index (κ2) is 12.3. The lowest BCUT2D eigenvalue weighted by Crippen LogP contribution is -2.68. The number of carboxylic acids is 1. The fourth-order valence-electron chi connectivity index (χ4n) is 5.90. The molecule has 0 unspecified atom stereocenters. The molecule has 4 aromatic carbocycles. The van der Waals surface area contributed by atoms with E-state index in [2.05, 4.69) is 0 Å². The predicted molar refractivity (Wildman–Crippen MR) is 165 cm³/mol. The van der Waals surface area contributed by atoms with Gasteiger partial charge in [-0.15, -0.1) is 0 Å². The first-order valence-corrected chi connectivity index (χ1v) is 15.5. The summed E-state index contributed by atoms with van der Waals surface area (Å²) in [5, 5.41) is 33.5. The van der Waals surface area contributed by atoms with E-state index in [0.717, 1.165) is 15.9 Å². The molecule has 5 rings (SSSR count). The van der Waals surface area contributed by atoms with Gasteiger partial charge in [0.25, 0.3) is 0 Å². The number of likely N-dealkylation sites (tertiary alicyclic amines) is 1. The van der Waals surface area contributed by atoms with Gasteiger partial charge in [-0.25, -0.2) is 4.79 Å². The molecule has 214 valence electrons. The molecule has 1 heterocycles. The summed E-state index contributed by atoms with van der Waals surface area (Å²) in [7, 11) is 0. The van der Waals surface area contributed by atoms with E-state index in [0.29, 0.717) is 11.1 Å². The van der Waals surface area contributed by atoms with Crippen LogP contribution in [-0.4, -0.2) is 55.4 Å². The van der Waals surface area contributed by atoms with Crippen molar-refractivity contribution in [3.63, 3.8) is 0 Å². The molecule has 0 spiro atoms. The number of hydrogen-bond acceptors (Lipinski definition) is 5. The van der Waals surface area contributed by atoms with Crippen molar-refractivity contribution in [3.05, 3.63) is 126 Å². The fraction of sp³-hybridized carbons (Fsp3) is 0.176. The highest BCUT2D eigenvalue weighted by Crippen LogP contribution is 2.49. The van der Waals surface area contributed by atoms with Gasteiger partial charge >= 0.3 is 5.97 Å².